The number of anilines is 1. The number of carbonyl (C=O) groups is 1. The van der Waals surface area contributed by atoms with Gasteiger partial charge in [0.2, 0.25) is 5.76 Å². The Bertz CT molecular complexity index is 1060. The van der Waals surface area contributed by atoms with E-state index in [0.29, 0.717) is 24.0 Å². The zero-order valence-corrected chi connectivity index (χ0v) is 20.5. The summed E-state index contributed by atoms with van der Waals surface area (Å²) in [4.78, 5) is 25.4. The molecule has 4 rings (SSSR count). The van der Waals surface area contributed by atoms with E-state index in [-0.39, 0.29) is 17.7 Å². The van der Waals surface area contributed by atoms with Crippen LogP contribution >= 0.6 is 0 Å². The molecule has 2 aromatic heterocycles. The van der Waals surface area contributed by atoms with E-state index in [0.717, 1.165) is 37.9 Å². The topological polar surface area (TPSA) is 77.4 Å². The average Bonchev–Trinajstić information content (AvgIpc) is 3.43. The highest BCUT2D eigenvalue weighted by molar-refractivity contribution is 5.91. The number of para-hydroxylation sites is 1. The third kappa shape index (κ3) is 5.41. The number of hydrogen-bond acceptors (Lipinski definition) is 5. The first kappa shape index (κ1) is 23.4. The number of aromatic amines is 1. The van der Waals surface area contributed by atoms with E-state index >= 15 is 0 Å². The van der Waals surface area contributed by atoms with E-state index < -0.39 is 0 Å². The lowest BCUT2D eigenvalue weighted by atomic mass is 9.97. The van der Waals surface area contributed by atoms with Crippen LogP contribution in [-0.2, 0) is 6.42 Å². The van der Waals surface area contributed by atoms with Crippen LogP contribution < -0.4 is 10.2 Å². The molecule has 0 spiro atoms. The van der Waals surface area contributed by atoms with E-state index in [9.17, 15) is 4.79 Å². The van der Waals surface area contributed by atoms with E-state index in [4.69, 9.17) is 4.42 Å². The van der Waals surface area contributed by atoms with Crippen molar-refractivity contribution in [2.24, 2.45) is 5.92 Å². The van der Waals surface area contributed by atoms with Crippen LogP contribution in [0.4, 0.5) is 6.01 Å². The van der Waals surface area contributed by atoms with E-state index in [1.807, 2.05) is 6.07 Å². The number of aromatic nitrogens is 2. The minimum Gasteiger partial charge on any atom is -0.418 e. The fourth-order valence-corrected chi connectivity index (χ4v) is 4.66. The van der Waals surface area contributed by atoms with Gasteiger partial charge < -0.3 is 19.6 Å². The van der Waals surface area contributed by atoms with Gasteiger partial charge in [-0.15, -0.1) is 0 Å². The molecule has 3 heterocycles. The number of amides is 1. The van der Waals surface area contributed by atoms with Crippen molar-refractivity contribution in [3.05, 3.63) is 48.0 Å². The Morgan fingerprint density at radius 2 is 1.94 bits per heavy atom. The molecule has 7 nitrogen and oxygen atoms in total. The zero-order chi connectivity index (χ0) is 23.5. The maximum absolute atomic E-state index is 13.1. The molecule has 0 aliphatic carbocycles. The van der Waals surface area contributed by atoms with Gasteiger partial charge in [-0.3, -0.25) is 9.69 Å². The van der Waals surface area contributed by atoms with E-state index in [1.54, 1.807) is 6.20 Å². The number of nitrogens with zero attached hydrogens (tertiary/aromatic N) is 3. The molecule has 3 atom stereocenters. The third-order valence-electron chi connectivity index (χ3n) is 6.92. The highest BCUT2D eigenvalue weighted by Crippen LogP contribution is 2.23. The molecule has 1 aliphatic heterocycles. The monoisotopic (exact) mass is 451 g/mol. The van der Waals surface area contributed by atoms with Crippen molar-refractivity contribution in [2.75, 3.05) is 25.0 Å². The molecule has 0 radical (unpaired) electrons. The van der Waals surface area contributed by atoms with Crippen molar-refractivity contribution in [1.29, 1.82) is 0 Å². The van der Waals surface area contributed by atoms with Crippen molar-refractivity contribution in [2.45, 2.75) is 65.1 Å². The molecule has 178 valence electrons. The lowest BCUT2D eigenvalue weighted by Crippen LogP contribution is -2.55. The minimum absolute atomic E-state index is 0.0244. The fourth-order valence-electron chi connectivity index (χ4n) is 4.66. The molecule has 1 aliphatic rings. The van der Waals surface area contributed by atoms with Crippen LogP contribution in [0.1, 0.15) is 56.7 Å². The van der Waals surface area contributed by atoms with Gasteiger partial charge in [-0.25, -0.2) is 4.98 Å². The number of fused-ring (bicyclic) bond motifs is 1. The molecule has 1 fully saturated rings. The zero-order valence-electron chi connectivity index (χ0n) is 20.5. The van der Waals surface area contributed by atoms with Crippen molar-refractivity contribution in [3.8, 4) is 0 Å². The number of oxazole rings is 1. The van der Waals surface area contributed by atoms with Crippen LogP contribution in [-0.4, -0.2) is 59.0 Å². The quantitative estimate of drug-likeness (QED) is 0.529. The molecule has 1 aromatic carbocycles. The summed E-state index contributed by atoms with van der Waals surface area (Å²) in [6.45, 7) is 10.5. The summed E-state index contributed by atoms with van der Waals surface area (Å²) in [5.41, 5.74) is 2.34. The van der Waals surface area contributed by atoms with Gasteiger partial charge >= 0.3 is 0 Å². The predicted molar refractivity (Wildman–Crippen MR) is 133 cm³/mol. The molecule has 1 amide bonds. The van der Waals surface area contributed by atoms with Crippen molar-refractivity contribution >= 4 is 22.8 Å². The first-order valence-corrected chi connectivity index (χ1v) is 12.1. The number of hydrogen-bond donors (Lipinski definition) is 2. The Kier molecular flexibility index (Phi) is 7.08. The van der Waals surface area contributed by atoms with Crippen LogP contribution in [0, 0.1) is 5.92 Å². The van der Waals surface area contributed by atoms with Crippen LogP contribution in [0.5, 0.6) is 0 Å². The second-order valence-corrected chi connectivity index (χ2v) is 9.98. The number of rotatable bonds is 8. The Labute approximate surface area is 196 Å². The molecule has 33 heavy (non-hydrogen) atoms. The maximum atomic E-state index is 13.1. The molecular weight excluding hydrogens is 414 g/mol. The molecule has 1 saturated heterocycles. The van der Waals surface area contributed by atoms with Gasteiger partial charge in [0.15, 0.2) is 0 Å². The summed E-state index contributed by atoms with van der Waals surface area (Å²) in [6.07, 6.45) is 6.35. The van der Waals surface area contributed by atoms with Crippen LogP contribution in [0.3, 0.4) is 0 Å². The summed E-state index contributed by atoms with van der Waals surface area (Å²) in [7, 11) is 2.14. The summed E-state index contributed by atoms with van der Waals surface area (Å²) < 4.78 is 5.93. The van der Waals surface area contributed by atoms with Gasteiger partial charge in [0.05, 0.1) is 6.20 Å². The Balaban J connectivity index is 1.45. The van der Waals surface area contributed by atoms with Crippen LogP contribution in [0.2, 0.25) is 0 Å². The van der Waals surface area contributed by atoms with Gasteiger partial charge in [0, 0.05) is 48.3 Å². The van der Waals surface area contributed by atoms with E-state index in [2.05, 4.69) is 84.2 Å². The number of carbonyl (C=O) groups excluding carboxylic acids is 1. The van der Waals surface area contributed by atoms with Crippen molar-refractivity contribution in [1.82, 2.24) is 20.2 Å². The number of likely N-dealkylation sites (N-methyl/N-ethyl adjacent to an activating group) is 1. The van der Waals surface area contributed by atoms with Gasteiger partial charge in [-0.1, -0.05) is 32.0 Å². The number of benzene rings is 1. The summed E-state index contributed by atoms with van der Waals surface area (Å²) in [6, 6.07) is 9.64. The SMILES string of the molecule is CC(C)CCC(Cc1c[nH]c2ccccc12)NC(=O)c1cnc(N2C[C@@H](C)N(C)[C@@H](C)C2)o1. The summed E-state index contributed by atoms with van der Waals surface area (Å²) >= 11 is 0. The number of nitrogens with one attached hydrogen (secondary N) is 2. The molecule has 3 aromatic rings. The lowest BCUT2D eigenvalue weighted by molar-refractivity contribution is 0.0905. The van der Waals surface area contributed by atoms with Crippen LogP contribution in [0.25, 0.3) is 10.9 Å². The highest BCUT2D eigenvalue weighted by atomic mass is 16.4. The molecule has 0 bridgehead atoms. The second kappa shape index (κ2) is 10.00. The van der Waals surface area contributed by atoms with Crippen molar-refractivity contribution < 1.29 is 9.21 Å². The van der Waals surface area contributed by atoms with Gasteiger partial charge in [0.25, 0.3) is 11.9 Å². The molecule has 0 saturated carbocycles. The fraction of sp³-hybridized carbons (Fsp3) is 0.538. The average molecular weight is 452 g/mol. The Morgan fingerprint density at radius 1 is 1.21 bits per heavy atom. The smallest absolute Gasteiger partial charge is 0.298 e. The normalized spacial score (nSPS) is 20.5. The predicted octanol–water partition coefficient (Wildman–Crippen LogP) is 4.46. The van der Waals surface area contributed by atoms with E-state index in [1.165, 1.54) is 10.9 Å². The molecule has 7 heteroatoms. The summed E-state index contributed by atoms with van der Waals surface area (Å²) in [5, 5.41) is 4.43. The Morgan fingerprint density at radius 3 is 2.67 bits per heavy atom. The largest absolute Gasteiger partial charge is 0.418 e. The molecule has 1 unspecified atom stereocenters. The summed E-state index contributed by atoms with van der Waals surface area (Å²) in [5.74, 6) is 0.653. The first-order chi connectivity index (χ1) is 15.8. The standard InChI is InChI=1S/C26H37N5O2/c1-17(2)10-11-21(12-20-13-27-23-9-7-6-8-22(20)23)29-25(32)24-14-28-26(33-24)31-15-18(3)30(5)19(4)16-31/h6-9,13-14,17-19,21,27H,10-12,15-16H2,1-5H3,(H,29,32)/t18-,19+,21?. The Hall–Kier alpha value is -2.80. The highest BCUT2D eigenvalue weighted by Gasteiger charge is 2.29. The minimum atomic E-state index is -0.197. The number of H-pyrrole nitrogens is 1. The number of piperazine rings is 1. The first-order valence-electron chi connectivity index (χ1n) is 12.1. The van der Waals surface area contributed by atoms with Crippen LogP contribution in [0.15, 0.2) is 41.1 Å². The molecular formula is C26H37N5O2. The van der Waals surface area contributed by atoms with Gasteiger partial charge in [0.1, 0.15) is 0 Å². The lowest BCUT2D eigenvalue weighted by Gasteiger charge is -2.41. The second-order valence-electron chi connectivity index (χ2n) is 9.98. The van der Waals surface area contributed by atoms with Gasteiger partial charge in [-0.05, 0) is 57.7 Å². The van der Waals surface area contributed by atoms with Gasteiger partial charge in [-0.2, -0.15) is 0 Å². The maximum Gasteiger partial charge on any atom is 0.298 e. The molecule has 2 N–H and O–H groups in total. The third-order valence-corrected chi connectivity index (χ3v) is 6.92. The van der Waals surface area contributed by atoms with Crippen molar-refractivity contribution in [3.63, 3.8) is 0 Å².